The van der Waals surface area contributed by atoms with E-state index in [1.807, 2.05) is 47.2 Å². The summed E-state index contributed by atoms with van der Waals surface area (Å²) in [7, 11) is 0. The van der Waals surface area contributed by atoms with Crippen LogP contribution in [0, 0.1) is 5.82 Å². The van der Waals surface area contributed by atoms with Crippen molar-refractivity contribution in [3.05, 3.63) is 66.1 Å². The maximum Gasteiger partial charge on any atom is 0.162 e. The molecular formula is C16H12FNO. The number of carbonyl (C=O) groups excluding carboxylic acids is 1. The second-order valence-corrected chi connectivity index (χ2v) is 4.47. The summed E-state index contributed by atoms with van der Waals surface area (Å²) in [5.74, 6) is -0.731. The van der Waals surface area contributed by atoms with Crippen molar-refractivity contribution in [3.8, 4) is 5.69 Å². The highest BCUT2D eigenvalue weighted by Crippen LogP contribution is 2.24. The third kappa shape index (κ3) is 1.93. The average Bonchev–Trinajstić information content (AvgIpc) is 2.81. The molecule has 0 radical (unpaired) electrons. The Bertz CT molecular complexity index is 759. The van der Waals surface area contributed by atoms with Crippen LogP contribution in [-0.2, 0) is 0 Å². The molecule has 0 amide bonds. The number of benzene rings is 2. The molecule has 0 spiro atoms. The number of carbonyl (C=O) groups is 1. The fourth-order valence-corrected chi connectivity index (χ4v) is 2.24. The highest BCUT2D eigenvalue weighted by Gasteiger charge is 2.11. The first-order chi connectivity index (χ1) is 9.16. The number of aromatic nitrogens is 1. The van der Waals surface area contributed by atoms with E-state index < -0.39 is 5.82 Å². The van der Waals surface area contributed by atoms with Crippen molar-refractivity contribution in [2.24, 2.45) is 0 Å². The quantitative estimate of drug-likeness (QED) is 0.633. The number of Topliss-reactive ketones (excluding diaryl/α,β-unsaturated/α-hetero) is 1. The smallest absolute Gasteiger partial charge is 0.162 e. The Morgan fingerprint density at radius 3 is 2.53 bits per heavy atom. The van der Waals surface area contributed by atoms with E-state index in [1.165, 1.54) is 13.0 Å². The summed E-state index contributed by atoms with van der Waals surface area (Å²) in [5.41, 5.74) is 1.94. The van der Waals surface area contributed by atoms with Crippen LogP contribution in [0.2, 0.25) is 0 Å². The lowest BCUT2D eigenvalue weighted by Crippen LogP contribution is -1.98. The van der Waals surface area contributed by atoms with Gasteiger partial charge in [0.2, 0.25) is 0 Å². The summed E-state index contributed by atoms with van der Waals surface area (Å²) < 4.78 is 15.7. The number of para-hydroxylation sites is 1. The number of nitrogens with zero attached hydrogens (tertiary/aromatic N) is 1. The molecular weight excluding hydrogens is 241 g/mol. The Hall–Kier alpha value is -2.42. The molecule has 19 heavy (non-hydrogen) atoms. The molecule has 2 nitrogen and oxygen atoms in total. The molecule has 0 aliphatic heterocycles. The molecule has 3 heteroatoms. The number of hydrogen-bond donors (Lipinski definition) is 0. The van der Waals surface area contributed by atoms with Crippen molar-refractivity contribution >= 4 is 16.7 Å². The molecule has 0 saturated heterocycles. The van der Waals surface area contributed by atoms with E-state index in [4.69, 9.17) is 0 Å². The predicted octanol–water partition coefficient (Wildman–Crippen LogP) is 3.97. The maximum atomic E-state index is 13.8. The van der Waals surface area contributed by atoms with Gasteiger partial charge < -0.3 is 4.57 Å². The minimum absolute atomic E-state index is 0.128. The molecule has 94 valence electrons. The Morgan fingerprint density at radius 2 is 1.84 bits per heavy atom. The minimum atomic E-state index is -0.467. The first kappa shape index (κ1) is 11.7. The SMILES string of the molecule is CC(=O)c1cc2c(ccn2-c2ccccc2)cc1F. The van der Waals surface area contributed by atoms with Crippen molar-refractivity contribution in [3.63, 3.8) is 0 Å². The van der Waals surface area contributed by atoms with Crippen LogP contribution in [0.5, 0.6) is 0 Å². The third-order valence-corrected chi connectivity index (χ3v) is 3.19. The minimum Gasteiger partial charge on any atom is -0.317 e. The van der Waals surface area contributed by atoms with Crippen molar-refractivity contribution in [1.29, 1.82) is 0 Å². The van der Waals surface area contributed by atoms with Gasteiger partial charge in [-0.3, -0.25) is 4.79 Å². The number of fused-ring (bicyclic) bond motifs is 1. The predicted molar refractivity (Wildman–Crippen MR) is 73.2 cm³/mol. The molecule has 2 aromatic carbocycles. The molecule has 3 aromatic rings. The summed E-state index contributed by atoms with van der Waals surface area (Å²) in [6.07, 6.45) is 1.88. The van der Waals surface area contributed by atoms with E-state index in [1.54, 1.807) is 6.07 Å². The van der Waals surface area contributed by atoms with Crippen molar-refractivity contribution in [1.82, 2.24) is 4.57 Å². The van der Waals surface area contributed by atoms with Gasteiger partial charge in [0.1, 0.15) is 5.82 Å². The lowest BCUT2D eigenvalue weighted by molar-refractivity contribution is 0.101. The van der Waals surface area contributed by atoms with E-state index in [-0.39, 0.29) is 11.3 Å². The summed E-state index contributed by atoms with van der Waals surface area (Å²) in [6, 6.07) is 14.6. The van der Waals surface area contributed by atoms with Crippen molar-refractivity contribution in [2.45, 2.75) is 6.92 Å². The molecule has 0 atom stereocenters. The van der Waals surface area contributed by atoms with E-state index in [0.29, 0.717) is 0 Å². The van der Waals surface area contributed by atoms with Gasteiger partial charge in [-0.05, 0) is 37.3 Å². The van der Waals surface area contributed by atoms with Gasteiger partial charge >= 0.3 is 0 Å². The lowest BCUT2D eigenvalue weighted by Gasteiger charge is -2.06. The Morgan fingerprint density at radius 1 is 1.11 bits per heavy atom. The van der Waals surface area contributed by atoms with Crippen LogP contribution in [0.3, 0.4) is 0 Å². The molecule has 0 aliphatic rings. The maximum absolute atomic E-state index is 13.8. The number of hydrogen-bond acceptors (Lipinski definition) is 1. The lowest BCUT2D eigenvalue weighted by atomic mass is 10.1. The van der Waals surface area contributed by atoms with E-state index in [9.17, 15) is 9.18 Å². The number of ketones is 1. The van der Waals surface area contributed by atoms with E-state index in [2.05, 4.69) is 0 Å². The topological polar surface area (TPSA) is 22.0 Å². The average molecular weight is 253 g/mol. The first-order valence-corrected chi connectivity index (χ1v) is 6.04. The van der Waals surface area contributed by atoms with Crippen LogP contribution in [-0.4, -0.2) is 10.4 Å². The second kappa shape index (κ2) is 4.35. The fraction of sp³-hybridized carbons (Fsp3) is 0.0625. The molecule has 0 saturated carbocycles. The van der Waals surface area contributed by atoms with Gasteiger partial charge in [-0.25, -0.2) is 4.39 Å². The van der Waals surface area contributed by atoms with Gasteiger partial charge in [0.25, 0.3) is 0 Å². The zero-order valence-electron chi connectivity index (χ0n) is 10.4. The van der Waals surface area contributed by atoms with Gasteiger partial charge in [-0.1, -0.05) is 18.2 Å². The third-order valence-electron chi connectivity index (χ3n) is 3.19. The standard InChI is InChI=1S/C16H12FNO/c1-11(19)14-10-16-12(9-15(14)17)7-8-18(16)13-5-3-2-4-6-13/h2-10H,1H3. The fourth-order valence-electron chi connectivity index (χ4n) is 2.24. The van der Waals surface area contributed by atoms with E-state index in [0.717, 1.165) is 16.6 Å². The van der Waals surface area contributed by atoms with Crippen LogP contribution in [0.4, 0.5) is 4.39 Å². The normalized spacial score (nSPS) is 10.8. The summed E-state index contributed by atoms with van der Waals surface area (Å²) in [5, 5.41) is 0.784. The highest BCUT2D eigenvalue weighted by atomic mass is 19.1. The molecule has 0 bridgehead atoms. The Labute approximate surface area is 110 Å². The Kier molecular flexibility index (Phi) is 2.67. The second-order valence-electron chi connectivity index (χ2n) is 4.47. The number of rotatable bonds is 2. The monoisotopic (exact) mass is 253 g/mol. The largest absolute Gasteiger partial charge is 0.317 e. The summed E-state index contributed by atoms with van der Waals surface area (Å²) in [6.45, 7) is 1.38. The van der Waals surface area contributed by atoms with Gasteiger partial charge in [-0.2, -0.15) is 0 Å². The van der Waals surface area contributed by atoms with Crippen LogP contribution in [0.15, 0.2) is 54.7 Å². The zero-order chi connectivity index (χ0) is 13.4. The van der Waals surface area contributed by atoms with Gasteiger partial charge in [-0.15, -0.1) is 0 Å². The van der Waals surface area contributed by atoms with Crippen LogP contribution in [0.1, 0.15) is 17.3 Å². The van der Waals surface area contributed by atoms with Crippen molar-refractivity contribution in [2.75, 3.05) is 0 Å². The molecule has 1 heterocycles. The van der Waals surface area contributed by atoms with E-state index >= 15 is 0 Å². The van der Waals surface area contributed by atoms with Gasteiger partial charge in [0, 0.05) is 17.3 Å². The first-order valence-electron chi connectivity index (χ1n) is 6.04. The molecule has 0 fully saturated rings. The molecule has 0 unspecified atom stereocenters. The number of halogens is 1. The summed E-state index contributed by atoms with van der Waals surface area (Å²) >= 11 is 0. The molecule has 0 aliphatic carbocycles. The van der Waals surface area contributed by atoms with Gasteiger partial charge in [0.05, 0.1) is 11.1 Å². The Balaban J connectivity index is 2.28. The highest BCUT2D eigenvalue weighted by molar-refractivity contribution is 5.98. The van der Waals surface area contributed by atoms with Crippen LogP contribution in [0.25, 0.3) is 16.6 Å². The molecule has 1 aromatic heterocycles. The summed E-state index contributed by atoms with van der Waals surface area (Å²) in [4.78, 5) is 11.4. The zero-order valence-corrected chi connectivity index (χ0v) is 10.4. The van der Waals surface area contributed by atoms with Crippen LogP contribution < -0.4 is 0 Å². The van der Waals surface area contributed by atoms with Gasteiger partial charge in [0.15, 0.2) is 5.78 Å². The molecule has 0 N–H and O–H groups in total. The molecule has 3 rings (SSSR count). The van der Waals surface area contributed by atoms with Crippen molar-refractivity contribution < 1.29 is 9.18 Å². The van der Waals surface area contributed by atoms with Crippen LogP contribution >= 0.6 is 0 Å².